The van der Waals surface area contributed by atoms with E-state index in [0.717, 1.165) is 6.42 Å². The molecule has 0 aromatic carbocycles. The Morgan fingerprint density at radius 2 is 2.29 bits per heavy atom. The molecule has 0 aliphatic heterocycles. The lowest BCUT2D eigenvalue weighted by molar-refractivity contribution is 0.0896. The highest BCUT2D eigenvalue weighted by atomic mass is 16.6. The quantitative estimate of drug-likeness (QED) is 0.797. The highest BCUT2D eigenvalue weighted by Gasteiger charge is 2.26. The van der Waals surface area contributed by atoms with Gasteiger partial charge in [-0.3, -0.25) is 4.79 Å². The summed E-state index contributed by atoms with van der Waals surface area (Å²) in [5.41, 5.74) is 6.01. The lowest BCUT2D eigenvalue weighted by atomic mass is 9.99. The van der Waals surface area contributed by atoms with Gasteiger partial charge in [-0.25, -0.2) is 0 Å². The Hall–Kier alpha value is -1.56. The predicted molar refractivity (Wildman–Crippen MR) is 63.0 cm³/mol. The third-order valence-electron chi connectivity index (χ3n) is 2.93. The Labute approximate surface area is 100 Å². The lowest BCUT2D eigenvalue weighted by Crippen LogP contribution is -2.51. The summed E-state index contributed by atoms with van der Waals surface area (Å²) in [6.45, 7) is 5.93. The van der Waals surface area contributed by atoms with Crippen LogP contribution in [0.4, 0.5) is 0 Å². The zero-order valence-electron chi connectivity index (χ0n) is 10.7. The summed E-state index contributed by atoms with van der Waals surface area (Å²) >= 11 is 0. The molecule has 1 amide bonds. The number of nitrogens with two attached hydrogens (primary N) is 1. The number of carbonyl (C=O) groups excluding carboxylic acids is 1. The van der Waals surface area contributed by atoms with Crippen LogP contribution in [0.15, 0.2) is 4.52 Å². The van der Waals surface area contributed by atoms with E-state index in [1.54, 1.807) is 6.92 Å². The van der Waals surface area contributed by atoms with Gasteiger partial charge in [0, 0.05) is 12.1 Å². The Balaban J connectivity index is 2.86. The topological polar surface area (TPSA) is 90.4 Å². The Bertz CT molecular complexity index is 397. The van der Waals surface area contributed by atoms with Gasteiger partial charge in [-0.1, -0.05) is 12.1 Å². The molecule has 6 nitrogen and oxygen atoms in total. The normalized spacial score (nSPS) is 14.2. The number of amides is 1. The van der Waals surface area contributed by atoms with E-state index in [9.17, 15) is 4.79 Å². The van der Waals surface area contributed by atoms with Crippen molar-refractivity contribution in [1.82, 2.24) is 10.5 Å². The van der Waals surface area contributed by atoms with Gasteiger partial charge in [-0.15, -0.1) is 0 Å². The Kier molecular flexibility index (Phi) is 4.11. The van der Waals surface area contributed by atoms with Gasteiger partial charge in [0.15, 0.2) is 5.69 Å². The van der Waals surface area contributed by atoms with E-state index < -0.39 is 5.54 Å². The zero-order valence-corrected chi connectivity index (χ0v) is 10.7. The summed E-state index contributed by atoms with van der Waals surface area (Å²) in [7, 11) is 1.46. The van der Waals surface area contributed by atoms with E-state index in [-0.39, 0.29) is 17.5 Å². The van der Waals surface area contributed by atoms with E-state index >= 15 is 0 Å². The van der Waals surface area contributed by atoms with Gasteiger partial charge in [0.2, 0.25) is 0 Å². The number of aromatic nitrogens is 1. The molecule has 0 aliphatic rings. The van der Waals surface area contributed by atoms with Crippen molar-refractivity contribution < 1.29 is 14.1 Å². The zero-order chi connectivity index (χ0) is 13.1. The Morgan fingerprint density at radius 1 is 1.65 bits per heavy atom. The first-order valence-electron chi connectivity index (χ1n) is 5.50. The molecule has 0 fully saturated rings. The molecule has 0 radical (unpaired) electrons. The van der Waals surface area contributed by atoms with Gasteiger partial charge >= 0.3 is 5.95 Å². The van der Waals surface area contributed by atoms with E-state index in [1.807, 2.05) is 13.8 Å². The van der Waals surface area contributed by atoms with E-state index in [1.165, 1.54) is 7.11 Å². The van der Waals surface area contributed by atoms with Crippen molar-refractivity contribution >= 4 is 5.91 Å². The molecule has 0 bridgehead atoms. The minimum atomic E-state index is -0.435. The first-order valence-corrected chi connectivity index (χ1v) is 5.50. The molecule has 0 saturated carbocycles. The second kappa shape index (κ2) is 5.18. The summed E-state index contributed by atoms with van der Waals surface area (Å²) in [5.74, 6) is -0.0505. The fraction of sp³-hybridized carbons (Fsp3) is 0.636. The maximum Gasteiger partial charge on any atom is 0.314 e. The average molecular weight is 241 g/mol. The van der Waals surface area contributed by atoms with Crippen molar-refractivity contribution in [2.75, 3.05) is 13.7 Å². The second-order valence-electron chi connectivity index (χ2n) is 4.22. The van der Waals surface area contributed by atoms with Gasteiger partial charge in [-0.05, 0) is 20.3 Å². The number of ether oxygens (including phenoxy) is 1. The molecule has 0 spiro atoms. The first-order chi connectivity index (χ1) is 7.97. The fourth-order valence-corrected chi connectivity index (χ4v) is 1.34. The van der Waals surface area contributed by atoms with Gasteiger partial charge in [0.05, 0.1) is 12.7 Å². The van der Waals surface area contributed by atoms with E-state index in [2.05, 4.69) is 10.5 Å². The largest absolute Gasteiger partial charge is 0.467 e. The third-order valence-corrected chi connectivity index (χ3v) is 2.93. The molecule has 0 saturated heterocycles. The van der Waals surface area contributed by atoms with Crippen LogP contribution in [-0.4, -0.2) is 30.3 Å². The maximum absolute atomic E-state index is 12.0. The van der Waals surface area contributed by atoms with Crippen LogP contribution >= 0.6 is 0 Å². The number of hydrogen-bond acceptors (Lipinski definition) is 5. The predicted octanol–water partition coefficient (Wildman–Crippen LogP) is 0.849. The van der Waals surface area contributed by atoms with Crippen molar-refractivity contribution in [1.29, 1.82) is 0 Å². The monoisotopic (exact) mass is 241 g/mol. The SMILES string of the molecule is CCC(C)(CN)NC(=O)c1noc(OC)c1C. The third kappa shape index (κ3) is 2.76. The van der Waals surface area contributed by atoms with Gasteiger partial charge in [0.25, 0.3) is 5.91 Å². The number of carbonyl (C=O) groups is 1. The molecule has 96 valence electrons. The van der Waals surface area contributed by atoms with Crippen LogP contribution < -0.4 is 15.8 Å². The van der Waals surface area contributed by atoms with Crippen molar-refractivity contribution in [3.8, 4) is 5.95 Å². The smallest absolute Gasteiger partial charge is 0.314 e. The van der Waals surface area contributed by atoms with Crippen LogP contribution in [0, 0.1) is 6.92 Å². The molecule has 1 aromatic heterocycles. The summed E-state index contributed by atoms with van der Waals surface area (Å²) < 4.78 is 9.81. The number of nitrogens with zero attached hydrogens (tertiary/aromatic N) is 1. The number of rotatable bonds is 5. The van der Waals surface area contributed by atoms with Crippen LogP contribution in [0.2, 0.25) is 0 Å². The molecular formula is C11H19N3O3. The van der Waals surface area contributed by atoms with Gasteiger partial charge < -0.3 is 20.3 Å². The number of nitrogens with one attached hydrogen (secondary N) is 1. The summed E-state index contributed by atoms with van der Waals surface area (Å²) in [5, 5.41) is 6.53. The number of methoxy groups -OCH3 is 1. The lowest BCUT2D eigenvalue weighted by Gasteiger charge is -2.27. The van der Waals surface area contributed by atoms with Crippen molar-refractivity contribution in [3.63, 3.8) is 0 Å². The Morgan fingerprint density at radius 3 is 2.71 bits per heavy atom. The van der Waals surface area contributed by atoms with Gasteiger partial charge in [0.1, 0.15) is 0 Å². The van der Waals surface area contributed by atoms with Crippen LogP contribution in [0.25, 0.3) is 0 Å². The molecule has 0 aliphatic carbocycles. The maximum atomic E-state index is 12.0. The highest BCUT2D eigenvalue weighted by Crippen LogP contribution is 2.21. The molecular weight excluding hydrogens is 222 g/mol. The average Bonchev–Trinajstić information content (AvgIpc) is 2.70. The minimum Gasteiger partial charge on any atom is -0.467 e. The van der Waals surface area contributed by atoms with Crippen LogP contribution in [0.1, 0.15) is 36.3 Å². The molecule has 1 rings (SSSR count). The molecule has 1 unspecified atom stereocenters. The summed E-state index contributed by atoms with van der Waals surface area (Å²) in [6.07, 6.45) is 0.739. The van der Waals surface area contributed by atoms with Crippen LogP contribution in [-0.2, 0) is 0 Å². The molecule has 1 heterocycles. The van der Waals surface area contributed by atoms with Crippen molar-refractivity contribution in [2.24, 2.45) is 5.73 Å². The fourth-order valence-electron chi connectivity index (χ4n) is 1.34. The molecule has 6 heteroatoms. The standard InChI is InChI=1S/C11H19N3O3/c1-5-11(3,6-12)13-9(15)8-7(2)10(16-4)17-14-8/h5-6,12H2,1-4H3,(H,13,15). The number of hydrogen-bond donors (Lipinski definition) is 2. The first kappa shape index (κ1) is 13.5. The van der Waals surface area contributed by atoms with Crippen LogP contribution in [0.5, 0.6) is 5.95 Å². The molecule has 17 heavy (non-hydrogen) atoms. The van der Waals surface area contributed by atoms with Crippen molar-refractivity contribution in [3.05, 3.63) is 11.3 Å². The summed E-state index contributed by atoms with van der Waals surface area (Å²) in [6, 6.07) is 0. The second-order valence-corrected chi connectivity index (χ2v) is 4.22. The molecule has 1 atom stereocenters. The summed E-state index contributed by atoms with van der Waals surface area (Å²) in [4.78, 5) is 12.0. The van der Waals surface area contributed by atoms with Crippen LogP contribution in [0.3, 0.4) is 0 Å². The van der Waals surface area contributed by atoms with E-state index in [0.29, 0.717) is 12.1 Å². The van der Waals surface area contributed by atoms with E-state index in [4.69, 9.17) is 15.0 Å². The molecule has 1 aromatic rings. The minimum absolute atomic E-state index is 0.231. The van der Waals surface area contributed by atoms with Crippen molar-refractivity contribution in [2.45, 2.75) is 32.7 Å². The highest BCUT2D eigenvalue weighted by molar-refractivity contribution is 5.94. The van der Waals surface area contributed by atoms with Gasteiger partial charge in [-0.2, -0.15) is 0 Å². The molecule has 3 N–H and O–H groups in total.